The fourth-order valence-electron chi connectivity index (χ4n) is 9.35. The molecule has 0 N–H and O–H groups in total. The number of carbonyl (C=O) groups is 2. The van der Waals surface area contributed by atoms with Gasteiger partial charge in [0.2, 0.25) is 0 Å². The summed E-state index contributed by atoms with van der Waals surface area (Å²) in [5.74, 6) is 2.03. The molecule has 0 heterocycles. The third-order valence-corrected chi connectivity index (χ3v) is 11.2. The smallest absolute Gasteiger partial charge is 0.341 e. The van der Waals surface area contributed by atoms with Gasteiger partial charge in [0.05, 0.1) is 11.1 Å². The maximum absolute atomic E-state index is 13.3. The molecule has 198 valence electrons. The first-order valence-corrected chi connectivity index (χ1v) is 14.6. The first-order valence-electron chi connectivity index (χ1n) is 14.6. The highest BCUT2D eigenvalue weighted by atomic mass is 16.7. The van der Waals surface area contributed by atoms with Gasteiger partial charge in [0.1, 0.15) is 0 Å². The molecule has 0 amide bonds. The molecule has 5 aliphatic rings. The van der Waals surface area contributed by atoms with Crippen LogP contribution in [0.1, 0.15) is 85.9 Å². The highest BCUT2D eigenvalue weighted by Gasteiger charge is 2.66. The minimum Gasteiger partial charge on any atom is -0.419 e. The largest absolute Gasteiger partial charge is 0.419 e. The van der Waals surface area contributed by atoms with Crippen molar-refractivity contribution >= 4 is 11.9 Å². The number of hydrogen-bond donors (Lipinski definition) is 0. The summed E-state index contributed by atoms with van der Waals surface area (Å²) in [7, 11) is 0. The molecular weight excluding hydrogens is 472 g/mol. The van der Waals surface area contributed by atoms with Gasteiger partial charge in [0.15, 0.2) is 0 Å². The summed E-state index contributed by atoms with van der Waals surface area (Å²) in [4.78, 5) is 26.5. The highest BCUT2D eigenvalue weighted by molar-refractivity contribution is 5.91. The Morgan fingerprint density at radius 2 is 1.45 bits per heavy atom. The molecule has 38 heavy (non-hydrogen) atoms. The molecule has 2 aromatic carbocycles. The number of esters is 2. The van der Waals surface area contributed by atoms with E-state index in [9.17, 15) is 9.59 Å². The van der Waals surface area contributed by atoms with Crippen LogP contribution >= 0.6 is 0 Å². The van der Waals surface area contributed by atoms with Crippen molar-refractivity contribution in [2.75, 3.05) is 0 Å². The van der Waals surface area contributed by atoms with Crippen molar-refractivity contribution in [3.63, 3.8) is 0 Å². The zero-order chi connectivity index (χ0) is 26.1. The first kappa shape index (κ1) is 24.2. The quantitative estimate of drug-likeness (QED) is 0.241. The van der Waals surface area contributed by atoms with Gasteiger partial charge in [-0.25, -0.2) is 9.59 Å². The number of fused-ring (bicyclic) bond motifs is 7. The highest BCUT2D eigenvalue weighted by Crippen LogP contribution is 2.73. The van der Waals surface area contributed by atoms with Crippen LogP contribution in [-0.4, -0.2) is 17.7 Å². The molecule has 0 radical (unpaired) electrons. The van der Waals surface area contributed by atoms with Crippen molar-refractivity contribution in [3.8, 4) is 0 Å². The lowest BCUT2D eigenvalue weighted by atomic mass is 9.47. The normalized spacial score (nSPS) is 37.9. The fraction of sp³-hybridized carbons (Fsp3) is 0.529. The molecule has 0 spiro atoms. The molecule has 0 unspecified atom stereocenters. The number of ether oxygens (including phenoxy) is 2. The second kappa shape index (κ2) is 8.56. The van der Waals surface area contributed by atoms with Gasteiger partial charge in [-0.05, 0) is 103 Å². The van der Waals surface area contributed by atoms with Gasteiger partial charge in [0.25, 0.3) is 5.79 Å². The molecule has 2 aromatic rings. The summed E-state index contributed by atoms with van der Waals surface area (Å²) in [5, 5.41) is 0. The topological polar surface area (TPSA) is 52.6 Å². The van der Waals surface area contributed by atoms with E-state index in [-0.39, 0.29) is 5.41 Å². The van der Waals surface area contributed by atoms with Crippen molar-refractivity contribution in [2.24, 2.45) is 40.4 Å². The Kier molecular flexibility index (Phi) is 5.45. The monoisotopic (exact) mass is 510 g/mol. The van der Waals surface area contributed by atoms with E-state index in [2.05, 4.69) is 19.9 Å². The Balaban J connectivity index is 1.19. The summed E-state index contributed by atoms with van der Waals surface area (Å²) >= 11 is 0. The number of benzene rings is 2. The van der Waals surface area contributed by atoms with Crippen molar-refractivity contribution < 1.29 is 19.1 Å². The molecule has 7 rings (SSSR count). The van der Waals surface area contributed by atoms with Crippen molar-refractivity contribution in [1.82, 2.24) is 0 Å². The van der Waals surface area contributed by atoms with Gasteiger partial charge in [0, 0.05) is 12.8 Å². The van der Waals surface area contributed by atoms with E-state index in [0.29, 0.717) is 35.3 Å². The summed E-state index contributed by atoms with van der Waals surface area (Å²) in [6, 6.07) is 18.0. The summed E-state index contributed by atoms with van der Waals surface area (Å²) in [5.41, 5.74) is 2.87. The molecule has 4 heteroatoms. The van der Waals surface area contributed by atoms with Gasteiger partial charge >= 0.3 is 11.9 Å². The Morgan fingerprint density at radius 1 is 0.816 bits per heavy atom. The predicted octanol–water partition coefficient (Wildman–Crippen LogP) is 7.61. The number of allylic oxidation sites excluding steroid dienone is 1. The zero-order valence-electron chi connectivity index (χ0n) is 22.5. The van der Waals surface area contributed by atoms with Crippen LogP contribution in [0.15, 0.2) is 72.3 Å². The van der Waals surface area contributed by atoms with Crippen molar-refractivity contribution in [1.29, 1.82) is 0 Å². The third kappa shape index (κ3) is 3.78. The maximum atomic E-state index is 13.3. The minimum absolute atomic E-state index is 0.0685. The molecule has 0 aromatic heterocycles. The average molecular weight is 511 g/mol. The Hall–Kier alpha value is -2.88. The van der Waals surface area contributed by atoms with Crippen LogP contribution in [0.4, 0.5) is 0 Å². The van der Waals surface area contributed by atoms with E-state index in [1.54, 1.807) is 24.3 Å². The summed E-state index contributed by atoms with van der Waals surface area (Å²) in [6.07, 6.45) is 10.9. The van der Waals surface area contributed by atoms with Crippen LogP contribution in [-0.2, 0) is 9.47 Å². The van der Waals surface area contributed by atoms with Gasteiger partial charge in [-0.1, -0.05) is 61.9 Å². The van der Waals surface area contributed by atoms with Crippen molar-refractivity contribution in [2.45, 2.75) is 71.0 Å². The molecule has 0 aliphatic heterocycles. The van der Waals surface area contributed by atoms with Gasteiger partial charge in [-0.2, -0.15) is 0 Å². The predicted molar refractivity (Wildman–Crippen MR) is 145 cm³/mol. The van der Waals surface area contributed by atoms with Crippen LogP contribution in [0.25, 0.3) is 0 Å². The lowest BCUT2D eigenvalue weighted by Gasteiger charge is -2.59. The van der Waals surface area contributed by atoms with E-state index in [1.165, 1.54) is 31.3 Å². The fourth-order valence-corrected chi connectivity index (χ4v) is 9.35. The van der Waals surface area contributed by atoms with Crippen LogP contribution < -0.4 is 0 Å². The average Bonchev–Trinajstić information content (AvgIpc) is 3.60. The molecule has 4 nitrogen and oxygen atoms in total. The number of hydrogen-bond acceptors (Lipinski definition) is 4. The molecule has 0 bridgehead atoms. The van der Waals surface area contributed by atoms with Crippen LogP contribution in [0.3, 0.4) is 0 Å². The third-order valence-electron chi connectivity index (χ3n) is 11.2. The van der Waals surface area contributed by atoms with Crippen LogP contribution in [0, 0.1) is 40.4 Å². The van der Waals surface area contributed by atoms with Crippen LogP contribution in [0.5, 0.6) is 0 Å². The van der Waals surface area contributed by atoms with Gasteiger partial charge in [-0.3, -0.25) is 0 Å². The second-order valence-electron chi connectivity index (χ2n) is 13.3. The maximum Gasteiger partial charge on any atom is 0.341 e. The zero-order valence-corrected chi connectivity index (χ0v) is 22.5. The molecule has 0 saturated heterocycles. The Morgan fingerprint density at radius 3 is 2.08 bits per heavy atom. The van der Waals surface area contributed by atoms with E-state index in [0.717, 1.165) is 36.5 Å². The number of rotatable bonds is 4. The lowest BCUT2D eigenvalue weighted by molar-refractivity contribution is -0.193. The van der Waals surface area contributed by atoms with E-state index >= 15 is 0 Å². The minimum atomic E-state index is -1.30. The summed E-state index contributed by atoms with van der Waals surface area (Å²) in [6.45, 7) is 5.01. The SMILES string of the molecule is C[C@]12CC[C@H]3[C@@H](CC=C4CC(OC(=O)c5ccccc5)(OC(=O)c5ccccc5)CC[C@@]43C)[C@@H]1[C@@H]1C[C@@H]1C2. The number of carbonyl (C=O) groups excluding carboxylic acids is 2. The molecule has 7 atom stereocenters. The van der Waals surface area contributed by atoms with E-state index < -0.39 is 17.7 Å². The van der Waals surface area contributed by atoms with Crippen LogP contribution in [0.2, 0.25) is 0 Å². The van der Waals surface area contributed by atoms with E-state index in [4.69, 9.17) is 9.47 Å². The molecular formula is C34H38O4. The Labute approximate surface area is 225 Å². The van der Waals surface area contributed by atoms with Gasteiger partial charge < -0.3 is 9.47 Å². The summed E-state index contributed by atoms with van der Waals surface area (Å²) < 4.78 is 12.3. The molecule has 5 aliphatic carbocycles. The molecule has 4 fully saturated rings. The standard InChI is InChI=1S/C34H38O4/c1-32-16-15-28-26(29(32)27-19-24(27)20-32)14-13-25-21-34(18-17-33(25,28)2,37-30(35)22-9-5-3-6-10-22)38-31(36)23-11-7-4-8-12-23/h3-13,24,26-29H,14-21H2,1-2H3/t24-,26-,27-,28+,29-,32-,33+/m1/s1. The van der Waals surface area contributed by atoms with Crippen molar-refractivity contribution in [3.05, 3.63) is 83.4 Å². The van der Waals surface area contributed by atoms with E-state index in [1.807, 2.05) is 36.4 Å². The molecule has 4 saturated carbocycles. The first-order chi connectivity index (χ1) is 18.3. The Bertz CT molecular complexity index is 1230. The second-order valence-corrected chi connectivity index (χ2v) is 13.3. The van der Waals surface area contributed by atoms with Gasteiger partial charge in [-0.15, -0.1) is 0 Å². The lowest BCUT2D eigenvalue weighted by Crippen LogP contribution is -2.53.